The van der Waals surface area contributed by atoms with Gasteiger partial charge in [-0.3, -0.25) is 0 Å². The van der Waals surface area contributed by atoms with Crippen molar-refractivity contribution in [2.75, 3.05) is 0 Å². The minimum absolute atomic E-state index is 0.0414. The summed E-state index contributed by atoms with van der Waals surface area (Å²) in [6.45, 7) is 6.16. The third kappa shape index (κ3) is 4.45. The number of nitrogens with zero attached hydrogens (tertiary/aromatic N) is 2. The van der Waals surface area contributed by atoms with Gasteiger partial charge in [-0.25, -0.2) is 18.2 Å². The Labute approximate surface area is 169 Å². The highest BCUT2D eigenvalue weighted by Crippen LogP contribution is 2.38. The molecular formula is C21H21F6N3. The third-order valence-corrected chi connectivity index (χ3v) is 4.59. The minimum atomic E-state index is -4.79. The molecule has 0 aliphatic heterocycles. The second-order valence-corrected chi connectivity index (χ2v) is 8.39. The van der Waals surface area contributed by atoms with E-state index in [-0.39, 0.29) is 27.9 Å². The van der Waals surface area contributed by atoms with Gasteiger partial charge in [0.05, 0.1) is 17.3 Å². The highest BCUT2D eigenvalue weighted by atomic mass is 19.4. The second kappa shape index (κ2) is 7.61. The van der Waals surface area contributed by atoms with Crippen LogP contribution >= 0.6 is 0 Å². The van der Waals surface area contributed by atoms with Crippen molar-refractivity contribution in [3.8, 4) is 11.3 Å². The van der Waals surface area contributed by atoms with Crippen LogP contribution in [-0.4, -0.2) is 16.0 Å². The Hall–Kier alpha value is -2.55. The first kappa shape index (κ1) is 22.1. The van der Waals surface area contributed by atoms with Gasteiger partial charge in [-0.15, -0.1) is 0 Å². The lowest BCUT2D eigenvalue weighted by Crippen LogP contribution is -2.19. The molecule has 0 radical (unpaired) electrons. The highest BCUT2D eigenvalue weighted by Gasteiger charge is 2.35. The van der Waals surface area contributed by atoms with Crippen molar-refractivity contribution in [3.63, 3.8) is 0 Å². The molecule has 3 aromatic rings. The topological polar surface area (TPSA) is 43.8 Å². The number of aromatic nitrogens is 2. The van der Waals surface area contributed by atoms with Crippen LogP contribution in [0.25, 0.3) is 22.3 Å². The Balaban J connectivity index is 2.25. The maximum atomic E-state index is 13.5. The normalized spacial score (nSPS) is 14.0. The summed E-state index contributed by atoms with van der Waals surface area (Å²) < 4.78 is 81.8. The molecule has 0 aliphatic rings. The Kier molecular flexibility index (Phi) is 5.62. The zero-order valence-corrected chi connectivity index (χ0v) is 16.6. The average molecular weight is 429 g/mol. The van der Waals surface area contributed by atoms with Gasteiger partial charge in [-0.1, -0.05) is 20.8 Å². The predicted octanol–water partition coefficient (Wildman–Crippen LogP) is 6.17. The first-order valence-corrected chi connectivity index (χ1v) is 9.18. The van der Waals surface area contributed by atoms with Crippen LogP contribution in [0.1, 0.15) is 37.9 Å². The molecule has 1 aromatic carbocycles. The van der Waals surface area contributed by atoms with Gasteiger partial charge in [0.25, 0.3) is 6.43 Å². The zero-order valence-electron chi connectivity index (χ0n) is 16.6. The average Bonchev–Trinajstić information content (AvgIpc) is 2.96. The number of benzene rings is 1. The SMILES string of the molecule is CC(C)(C)Cn1cc([C@H](N)C(F)F)c2ccc(-c3ccc(F)cc3C(F)(F)F)nc21. The summed E-state index contributed by atoms with van der Waals surface area (Å²) in [4.78, 5) is 4.34. The van der Waals surface area contributed by atoms with E-state index in [1.165, 1.54) is 18.3 Å². The molecule has 3 rings (SSSR count). The van der Waals surface area contributed by atoms with E-state index in [0.29, 0.717) is 18.0 Å². The lowest BCUT2D eigenvalue weighted by Gasteiger charge is -2.19. The van der Waals surface area contributed by atoms with Crippen LogP contribution in [0.2, 0.25) is 0 Å². The number of halogens is 6. The number of nitrogens with two attached hydrogens (primary N) is 1. The summed E-state index contributed by atoms with van der Waals surface area (Å²) in [5, 5.41) is 0.339. The molecule has 0 fully saturated rings. The Bertz CT molecular complexity index is 1060. The van der Waals surface area contributed by atoms with E-state index in [9.17, 15) is 26.3 Å². The third-order valence-electron chi connectivity index (χ3n) is 4.59. The van der Waals surface area contributed by atoms with Crippen LogP contribution in [0, 0.1) is 11.2 Å². The molecule has 3 nitrogen and oxygen atoms in total. The van der Waals surface area contributed by atoms with Crippen LogP contribution in [0.4, 0.5) is 26.3 Å². The van der Waals surface area contributed by atoms with E-state index < -0.39 is 30.0 Å². The lowest BCUT2D eigenvalue weighted by atomic mass is 9.97. The number of pyridine rings is 1. The molecule has 162 valence electrons. The molecule has 0 bridgehead atoms. The molecule has 0 aliphatic carbocycles. The van der Waals surface area contributed by atoms with E-state index >= 15 is 0 Å². The maximum absolute atomic E-state index is 13.5. The van der Waals surface area contributed by atoms with E-state index in [4.69, 9.17) is 5.73 Å². The quantitative estimate of drug-likeness (QED) is 0.504. The van der Waals surface area contributed by atoms with E-state index in [2.05, 4.69) is 4.98 Å². The monoisotopic (exact) mass is 429 g/mol. The fourth-order valence-corrected chi connectivity index (χ4v) is 3.35. The molecule has 0 amide bonds. The summed E-state index contributed by atoms with van der Waals surface area (Å²) in [5.41, 5.74) is 4.29. The van der Waals surface area contributed by atoms with Gasteiger partial charge < -0.3 is 10.3 Å². The van der Waals surface area contributed by atoms with Gasteiger partial charge >= 0.3 is 6.18 Å². The molecule has 2 heterocycles. The summed E-state index contributed by atoms with van der Waals surface area (Å²) >= 11 is 0. The van der Waals surface area contributed by atoms with Gasteiger partial charge in [0.15, 0.2) is 0 Å². The first-order chi connectivity index (χ1) is 13.8. The Morgan fingerprint density at radius 3 is 2.30 bits per heavy atom. The number of rotatable bonds is 4. The summed E-state index contributed by atoms with van der Waals surface area (Å²) in [7, 11) is 0. The molecule has 0 spiro atoms. The Morgan fingerprint density at radius 2 is 1.73 bits per heavy atom. The van der Waals surface area contributed by atoms with Crippen molar-refractivity contribution in [3.05, 3.63) is 53.5 Å². The Morgan fingerprint density at radius 1 is 1.07 bits per heavy atom. The standard InChI is InChI=1S/C21H21F6N3/c1-20(2,3)10-30-9-14(17(28)18(23)24)12-6-7-16(29-19(12)30)13-5-4-11(22)8-15(13)21(25,26)27/h4-9,17-18H,10,28H2,1-3H3/t17-/m0/s1. The summed E-state index contributed by atoms with van der Waals surface area (Å²) in [5.74, 6) is -1.02. The van der Waals surface area contributed by atoms with E-state index in [1.807, 2.05) is 20.8 Å². The number of hydrogen-bond acceptors (Lipinski definition) is 2. The van der Waals surface area contributed by atoms with Gasteiger partial charge in [0.1, 0.15) is 11.5 Å². The summed E-state index contributed by atoms with van der Waals surface area (Å²) in [6.07, 6.45) is -6.13. The van der Waals surface area contributed by atoms with Gasteiger partial charge in [0, 0.05) is 29.3 Å². The zero-order chi connectivity index (χ0) is 22.4. The van der Waals surface area contributed by atoms with Crippen molar-refractivity contribution in [1.82, 2.24) is 9.55 Å². The van der Waals surface area contributed by atoms with Gasteiger partial charge in [0.2, 0.25) is 0 Å². The van der Waals surface area contributed by atoms with Crippen LogP contribution in [0.5, 0.6) is 0 Å². The van der Waals surface area contributed by atoms with Crippen LogP contribution in [0.3, 0.4) is 0 Å². The van der Waals surface area contributed by atoms with Crippen molar-refractivity contribution in [1.29, 1.82) is 0 Å². The molecule has 0 saturated heterocycles. The molecule has 2 N–H and O–H groups in total. The molecule has 30 heavy (non-hydrogen) atoms. The van der Waals surface area contributed by atoms with Crippen LogP contribution < -0.4 is 5.73 Å². The van der Waals surface area contributed by atoms with Gasteiger partial charge in [-0.2, -0.15) is 13.2 Å². The predicted molar refractivity (Wildman–Crippen MR) is 103 cm³/mol. The second-order valence-electron chi connectivity index (χ2n) is 8.39. The van der Waals surface area contributed by atoms with Crippen LogP contribution in [0.15, 0.2) is 36.5 Å². The van der Waals surface area contributed by atoms with E-state index in [1.54, 1.807) is 4.57 Å². The number of alkyl halides is 5. The smallest absolute Gasteiger partial charge is 0.332 e. The molecule has 1 atom stereocenters. The molecule has 9 heteroatoms. The molecule has 2 aromatic heterocycles. The largest absolute Gasteiger partial charge is 0.417 e. The lowest BCUT2D eigenvalue weighted by molar-refractivity contribution is -0.137. The minimum Gasteiger partial charge on any atom is -0.332 e. The van der Waals surface area contributed by atoms with E-state index in [0.717, 1.165) is 12.1 Å². The maximum Gasteiger partial charge on any atom is 0.417 e. The molecule has 0 unspecified atom stereocenters. The fraction of sp³-hybridized carbons (Fsp3) is 0.381. The highest BCUT2D eigenvalue weighted by molar-refractivity contribution is 5.84. The number of hydrogen-bond donors (Lipinski definition) is 1. The van der Waals surface area contributed by atoms with Crippen molar-refractivity contribution >= 4 is 11.0 Å². The van der Waals surface area contributed by atoms with Crippen LogP contribution in [-0.2, 0) is 12.7 Å². The van der Waals surface area contributed by atoms with Gasteiger partial charge in [-0.05, 0) is 35.7 Å². The fourth-order valence-electron chi connectivity index (χ4n) is 3.35. The molecule has 0 saturated carbocycles. The number of fused-ring (bicyclic) bond motifs is 1. The van der Waals surface area contributed by atoms with Crippen molar-refractivity contribution < 1.29 is 26.3 Å². The first-order valence-electron chi connectivity index (χ1n) is 9.18. The van der Waals surface area contributed by atoms with Crippen molar-refractivity contribution in [2.45, 2.75) is 46.0 Å². The summed E-state index contributed by atoms with van der Waals surface area (Å²) in [6, 6.07) is 3.51. The van der Waals surface area contributed by atoms with Crippen molar-refractivity contribution in [2.24, 2.45) is 11.1 Å². The molecular weight excluding hydrogens is 408 g/mol.